The summed E-state index contributed by atoms with van der Waals surface area (Å²) in [4.78, 5) is 14.8. The lowest BCUT2D eigenvalue weighted by atomic mass is 9.78. The third-order valence-corrected chi connectivity index (χ3v) is 5.42. The fourth-order valence-corrected chi connectivity index (χ4v) is 3.94. The van der Waals surface area contributed by atoms with E-state index in [1.807, 2.05) is 77.7 Å². The van der Waals surface area contributed by atoms with E-state index >= 15 is 0 Å². The normalized spacial score (nSPS) is 19.9. The van der Waals surface area contributed by atoms with Crippen LogP contribution < -0.4 is 4.90 Å². The molecule has 3 aromatic carbocycles. The number of β-lactam (4-membered cyclic amide) rings is 1. The minimum Gasteiger partial charge on any atom is -0.508 e. The molecule has 28 heavy (non-hydrogen) atoms. The van der Waals surface area contributed by atoms with Crippen molar-refractivity contribution in [2.45, 2.75) is 25.0 Å². The number of nitrogens with zero attached hydrogens (tertiary/aromatic N) is 1. The highest BCUT2D eigenvalue weighted by Crippen LogP contribution is 2.46. The number of aromatic hydroxyl groups is 1. The predicted molar refractivity (Wildman–Crippen MR) is 109 cm³/mol. The molecule has 0 bridgehead atoms. The molecule has 0 spiro atoms. The minimum absolute atomic E-state index is 0.0736. The van der Waals surface area contributed by atoms with Crippen LogP contribution >= 0.6 is 0 Å². The second-order valence-corrected chi connectivity index (χ2v) is 7.19. The molecule has 142 valence electrons. The van der Waals surface area contributed by atoms with Gasteiger partial charge < -0.3 is 15.1 Å². The van der Waals surface area contributed by atoms with E-state index in [1.54, 1.807) is 12.1 Å². The minimum atomic E-state index is -0.583. The molecule has 1 saturated heterocycles. The molecule has 4 rings (SSSR count). The first-order valence-electron chi connectivity index (χ1n) is 9.55. The van der Waals surface area contributed by atoms with Gasteiger partial charge >= 0.3 is 0 Å². The standard InChI is InChI=1S/C24H23NO3/c26-20-13-11-18(12-14-20)23-21(15-16-22(27)17-7-3-1-4-8-17)24(28)25(23)19-9-5-2-6-10-19/h1-14,21-23,26-27H,15-16H2/t21-,22?,23-/m1/s1. The summed E-state index contributed by atoms with van der Waals surface area (Å²) < 4.78 is 0. The molecule has 2 N–H and O–H groups in total. The Bertz CT molecular complexity index is 925. The monoisotopic (exact) mass is 373 g/mol. The van der Waals surface area contributed by atoms with E-state index in [9.17, 15) is 15.0 Å². The molecule has 1 unspecified atom stereocenters. The maximum absolute atomic E-state index is 13.0. The summed E-state index contributed by atoms with van der Waals surface area (Å²) in [6, 6.07) is 26.1. The summed E-state index contributed by atoms with van der Waals surface area (Å²) in [5.74, 6) is 0.0874. The van der Waals surface area contributed by atoms with Crippen LogP contribution in [0, 0.1) is 5.92 Å². The molecule has 3 aromatic rings. The number of hydrogen-bond donors (Lipinski definition) is 2. The Labute approximate surface area is 164 Å². The molecular weight excluding hydrogens is 350 g/mol. The SMILES string of the molecule is O=C1[C@H](CCC(O)c2ccccc2)[C@@H](c2ccc(O)cc2)N1c1ccccc1. The maximum atomic E-state index is 13.0. The molecule has 4 heteroatoms. The van der Waals surface area contributed by atoms with Crippen LogP contribution in [0.1, 0.15) is 36.1 Å². The van der Waals surface area contributed by atoms with Crippen LogP contribution in [0.2, 0.25) is 0 Å². The molecular formula is C24H23NO3. The fraction of sp³-hybridized carbons (Fsp3) is 0.208. The average molecular weight is 373 g/mol. The topological polar surface area (TPSA) is 60.8 Å². The zero-order valence-corrected chi connectivity index (χ0v) is 15.5. The van der Waals surface area contributed by atoms with Gasteiger partial charge in [0.2, 0.25) is 5.91 Å². The number of amides is 1. The highest BCUT2D eigenvalue weighted by atomic mass is 16.3. The summed E-state index contributed by atoms with van der Waals surface area (Å²) >= 11 is 0. The van der Waals surface area contributed by atoms with Crippen molar-refractivity contribution in [2.24, 2.45) is 5.92 Å². The number of phenolic OH excluding ortho intramolecular Hbond substituents is 1. The summed E-state index contributed by atoms with van der Waals surface area (Å²) in [6.07, 6.45) is 0.543. The van der Waals surface area contributed by atoms with Crippen LogP contribution in [0.25, 0.3) is 0 Å². The van der Waals surface area contributed by atoms with Gasteiger partial charge in [-0.3, -0.25) is 4.79 Å². The first-order valence-corrected chi connectivity index (χ1v) is 9.55. The number of anilines is 1. The van der Waals surface area contributed by atoms with Crippen LogP contribution in [0.15, 0.2) is 84.9 Å². The Hall–Kier alpha value is -3.11. The molecule has 1 aliphatic rings. The fourth-order valence-electron chi connectivity index (χ4n) is 3.94. The lowest BCUT2D eigenvalue weighted by molar-refractivity contribution is -0.131. The first-order chi connectivity index (χ1) is 13.6. The Balaban J connectivity index is 1.55. The van der Waals surface area contributed by atoms with Crippen LogP contribution in [0.3, 0.4) is 0 Å². The molecule has 0 radical (unpaired) electrons. The molecule has 4 nitrogen and oxygen atoms in total. The lowest BCUT2D eigenvalue weighted by Gasteiger charge is -2.48. The number of hydrogen-bond acceptors (Lipinski definition) is 3. The highest BCUT2D eigenvalue weighted by molar-refractivity contribution is 6.03. The second-order valence-electron chi connectivity index (χ2n) is 7.19. The first kappa shape index (κ1) is 18.3. The van der Waals surface area contributed by atoms with Gasteiger partial charge in [0.05, 0.1) is 18.1 Å². The molecule has 1 amide bonds. The van der Waals surface area contributed by atoms with Gasteiger partial charge in [0.25, 0.3) is 0 Å². The van der Waals surface area contributed by atoms with E-state index in [0.29, 0.717) is 12.8 Å². The van der Waals surface area contributed by atoms with Crippen molar-refractivity contribution in [2.75, 3.05) is 4.90 Å². The van der Waals surface area contributed by atoms with E-state index in [4.69, 9.17) is 0 Å². The van der Waals surface area contributed by atoms with Gasteiger partial charge in [-0.15, -0.1) is 0 Å². The van der Waals surface area contributed by atoms with Gasteiger partial charge in [0.1, 0.15) is 5.75 Å². The van der Waals surface area contributed by atoms with Gasteiger partial charge in [0.15, 0.2) is 0 Å². The van der Waals surface area contributed by atoms with Crippen LogP contribution in [-0.4, -0.2) is 16.1 Å². The largest absolute Gasteiger partial charge is 0.508 e. The molecule has 1 fully saturated rings. The third kappa shape index (κ3) is 3.51. The van der Waals surface area contributed by atoms with Gasteiger partial charge in [-0.1, -0.05) is 60.7 Å². The Morgan fingerprint density at radius 3 is 2.11 bits per heavy atom. The van der Waals surface area contributed by atoms with Gasteiger partial charge in [-0.05, 0) is 48.2 Å². The smallest absolute Gasteiger partial charge is 0.233 e. The number of para-hydroxylation sites is 1. The highest BCUT2D eigenvalue weighted by Gasteiger charge is 2.48. The Morgan fingerprint density at radius 2 is 1.46 bits per heavy atom. The zero-order valence-electron chi connectivity index (χ0n) is 15.5. The number of aliphatic hydroxyl groups is 1. The van der Waals surface area contributed by atoms with Gasteiger partial charge in [0, 0.05) is 5.69 Å². The quantitative estimate of drug-likeness (QED) is 0.620. The number of rotatable bonds is 6. The van der Waals surface area contributed by atoms with Gasteiger partial charge in [-0.2, -0.15) is 0 Å². The maximum Gasteiger partial charge on any atom is 0.233 e. The number of carbonyl (C=O) groups is 1. The third-order valence-electron chi connectivity index (χ3n) is 5.42. The lowest BCUT2D eigenvalue weighted by Crippen LogP contribution is -2.55. The van der Waals surface area contributed by atoms with E-state index in [-0.39, 0.29) is 23.6 Å². The van der Waals surface area contributed by atoms with Crippen LogP contribution in [0.4, 0.5) is 5.69 Å². The number of benzene rings is 3. The Kier molecular flexibility index (Phi) is 5.13. The molecule has 1 heterocycles. The van der Waals surface area contributed by atoms with Crippen molar-refractivity contribution in [3.05, 3.63) is 96.1 Å². The summed E-state index contributed by atoms with van der Waals surface area (Å²) in [5.41, 5.74) is 2.72. The number of aliphatic hydroxyl groups excluding tert-OH is 1. The zero-order chi connectivity index (χ0) is 19.5. The van der Waals surface area contributed by atoms with Crippen molar-refractivity contribution in [1.29, 1.82) is 0 Å². The number of carbonyl (C=O) groups excluding carboxylic acids is 1. The van der Waals surface area contributed by atoms with Crippen LogP contribution in [-0.2, 0) is 4.79 Å². The molecule has 3 atom stereocenters. The van der Waals surface area contributed by atoms with Crippen molar-refractivity contribution in [3.63, 3.8) is 0 Å². The molecule has 0 saturated carbocycles. The molecule has 0 aromatic heterocycles. The summed E-state index contributed by atoms with van der Waals surface area (Å²) in [6.45, 7) is 0. The van der Waals surface area contributed by atoms with Crippen LogP contribution in [0.5, 0.6) is 5.75 Å². The van der Waals surface area contributed by atoms with Crippen molar-refractivity contribution in [3.8, 4) is 5.75 Å². The predicted octanol–water partition coefficient (Wildman–Crippen LogP) is 4.61. The van der Waals surface area contributed by atoms with E-state index < -0.39 is 6.10 Å². The summed E-state index contributed by atoms with van der Waals surface area (Å²) in [7, 11) is 0. The van der Waals surface area contributed by atoms with Crippen molar-refractivity contribution in [1.82, 2.24) is 0 Å². The molecule has 0 aliphatic carbocycles. The second kappa shape index (κ2) is 7.87. The van der Waals surface area contributed by atoms with Gasteiger partial charge in [-0.25, -0.2) is 0 Å². The number of phenols is 1. The Morgan fingerprint density at radius 1 is 0.857 bits per heavy atom. The van der Waals surface area contributed by atoms with Crippen molar-refractivity contribution >= 4 is 11.6 Å². The van der Waals surface area contributed by atoms with E-state index in [0.717, 1.165) is 16.8 Å². The average Bonchev–Trinajstić information content (AvgIpc) is 2.74. The van der Waals surface area contributed by atoms with E-state index in [2.05, 4.69) is 0 Å². The van der Waals surface area contributed by atoms with Crippen molar-refractivity contribution < 1.29 is 15.0 Å². The summed E-state index contributed by atoms with van der Waals surface area (Å²) in [5, 5.41) is 20.1. The van der Waals surface area contributed by atoms with E-state index in [1.165, 1.54) is 0 Å². The molecule has 1 aliphatic heterocycles.